The van der Waals surface area contributed by atoms with Crippen LogP contribution >= 0.6 is 22.6 Å². The molecule has 0 aromatic heterocycles. The topological polar surface area (TPSA) is 62.5 Å². The summed E-state index contributed by atoms with van der Waals surface area (Å²) in [7, 11) is 0. The van der Waals surface area contributed by atoms with Gasteiger partial charge >= 0.3 is 0 Å². The molecular formula is C15H24INO3. The Hall–Kier alpha value is 0.1000. The highest BCUT2D eigenvalue weighted by Gasteiger charge is 2.52. The SMILES string of the molecule is C[C@@H](C#N)C[C@H]1CCC2O[C@@H](CCCO)C[C@]2(CI)O1. The number of fused-ring (bicyclic) bond motifs is 1. The van der Waals surface area contributed by atoms with Crippen molar-refractivity contribution in [2.75, 3.05) is 11.0 Å². The molecule has 0 aromatic carbocycles. The van der Waals surface area contributed by atoms with Crippen molar-refractivity contribution < 1.29 is 14.6 Å². The van der Waals surface area contributed by atoms with Crippen molar-refractivity contribution in [1.82, 2.24) is 0 Å². The standard InChI is InChI=1S/C15H24INO3/c1-11(9-17)7-12-4-5-14-15(10-16,20-12)8-13(19-14)3-2-6-18/h11-14,18H,2-8,10H2,1H3/t11-,12-,13+,14?,15-/m1/s1. The molecule has 5 atom stereocenters. The summed E-state index contributed by atoms with van der Waals surface area (Å²) in [6.45, 7) is 2.19. The van der Waals surface area contributed by atoms with E-state index in [4.69, 9.17) is 19.8 Å². The van der Waals surface area contributed by atoms with Crippen LogP contribution in [0.3, 0.4) is 0 Å². The zero-order valence-electron chi connectivity index (χ0n) is 12.1. The Morgan fingerprint density at radius 3 is 2.90 bits per heavy atom. The Bertz CT molecular complexity index is 360. The molecule has 2 aliphatic heterocycles. The molecule has 2 fully saturated rings. The van der Waals surface area contributed by atoms with Gasteiger partial charge in [-0.15, -0.1) is 0 Å². The number of hydrogen-bond acceptors (Lipinski definition) is 4. The molecule has 0 aromatic rings. The third kappa shape index (κ3) is 3.65. The smallest absolute Gasteiger partial charge is 0.106 e. The number of halogens is 1. The molecule has 2 aliphatic rings. The molecular weight excluding hydrogens is 369 g/mol. The van der Waals surface area contributed by atoms with Crippen molar-refractivity contribution in [3.05, 3.63) is 0 Å². The first-order chi connectivity index (χ1) is 9.63. The van der Waals surface area contributed by atoms with E-state index in [1.807, 2.05) is 6.92 Å². The van der Waals surface area contributed by atoms with Crippen LogP contribution in [0.2, 0.25) is 0 Å². The first-order valence-electron chi connectivity index (χ1n) is 7.53. The van der Waals surface area contributed by atoms with Gasteiger partial charge in [0, 0.05) is 23.4 Å². The molecule has 1 N–H and O–H groups in total. The zero-order valence-corrected chi connectivity index (χ0v) is 14.2. The second-order valence-corrected chi connectivity index (χ2v) is 6.86. The summed E-state index contributed by atoms with van der Waals surface area (Å²) in [5.41, 5.74) is -0.168. The summed E-state index contributed by atoms with van der Waals surface area (Å²) in [5, 5.41) is 17.9. The van der Waals surface area contributed by atoms with E-state index in [9.17, 15) is 0 Å². The fourth-order valence-corrected chi connectivity index (χ4v) is 4.36. The average Bonchev–Trinajstić information content (AvgIpc) is 2.83. The Labute approximate surface area is 135 Å². The van der Waals surface area contributed by atoms with Crippen LogP contribution in [0.15, 0.2) is 0 Å². The Balaban J connectivity index is 1.96. The average molecular weight is 393 g/mol. The Morgan fingerprint density at radius 2 is 2.25 bits per heavy atom. The lowest BCUT2D eigenvalue weighted by Crippen LogP contribution is -2.50. The number of aliphatic hydroxyl groups excluding tert-OH is 1. The van der Waals surface area contributed by atoms with Crippen LogP contribution in [0.5, 0.6) is 0 Å². The van der Waals surface area contributed by atoms with Crippen molar-refractivity contribution in [2.45, 2.75) is 69.4 Å². The normalized spacial score (nSPS) is 38.2. The van der Waals surface area contributed by atoms with Crippen LogP contribution in [0, 0.1) is 17.2 Å². The quantitative estimate of drug-likeness (QED) is 0.557. The van der Waals surface area contributed by atoms with Gasteiger partial charge in [0.25, 0.3) is 0 Å². The van der Waals surface area contributed by atoms with Gasteiger partial charge in [-0.3, -0.25) is 0 Å². The number of alkyl halides is 1. The monoisotopic (exact) mass is 393 g/mol. The molecule has 0 amide bonds. The minimum absolute atomic E-state index is 0.0512. The van der Waals surface area contributed by atoms with E-state index in [1.54, 1.807) is 0 Å². The number of aliphatic hydroxyl groups is 1. The van der Waals surface area contributed by atoms with Gasteiger partial charge in [-0.2, -0.15) is 5.26 Å². The molecule has 0 saturated carbocycles. The molecule has 0 bridgehead atoms. The number of ether oxygens (including phenoxy) is 2. The van der Waals surface area contributed by atoms with Crippen LogP contribution in [0.25, 0.3) is 0 Å². The maximum absolute atomic E-state index is 8.96. The number of nitriles is 1. The highest BCUT2D eigenvalue weighted by Crippen LogP contribution is 2.44. The lowest BCUT2D eigenvalue weighted by atomic mass is 9.86. The van der Waals surface area contributed by atoms with Crippen LogP contribution in [-0.2, 0) is 9.47 Å². The summed E-state index contributed by atoms with van der Waals surface area (Å²) in [6, 6.07) is 2.30. The van der Waals surface area contributed by atoms with E-state index >= 15 is 0 Å². The first-order valence-corrected chi connectivity index (χ1v) is 9.06. The minimum Gasteiger partial charge on any atom is -0.396 e. The van der Waals surface area contributed by atoms with E-state index in [0.717, 1.165) is 43.0 Å². The summed E-state index contributed by atoms with van der Waals surface area (Å²) < 4.78 is 13.5. The van der Waals surface area contributed by atoms with Gasteiger partial charge in [-0.25, -0.2) is 0 Å². The molecule has 5 heteroatoms. The van der Waals surface area contributed by atoms with Crippen molar-refractivity contribution in [2.24, 2.45) is 5.92 Å². The van der Waals surface area contributed by atoms with Gasteiger partial charge in [0.1, 0.15) is 5.60 Å². The van der Waals surface area contributed by atoms with Crippen molar-refractivity contribution in [3.8, 4) is 6.07 Å². The van der Waals surface area contributed by atoms with Crippen LogP contribution in [0.4, 0.5) is 0 Å². The lowest BCUT2D eigenvalue weighted by molar-refractivity contribution is -0.155. The third-order valence-corrected chi connectivity index (χ3v) is 5.71. The predicted octanol–water partition coefficient (Wildman–Crippen LogP) is 2.82. The maximum atomic E-state index is 8.96. The van der Waals surface area contributed by atoms with Gasteiger partial charge in [-0.1, -0.05) is 22.6 Å². The van der Waals surface area contributed by atoms with Crippen LogP contribution in [-0.4, -0.2) is 40.1 Å². The summed E-state index contributed by atoms with van der Waals surface area (Å²) in [4.78, 5) is 0. The fraction of sp³-hybridized carbons (Fsp3) is 0.933. The van der Waals surface area contributed by atoms with Crippen LogP contribution < -0.4 is 0 Å². The third-order valence-electron chi connectivity index (χ3n) is 4.42. The molecule has 20 heavy (non-hydrogen) atoms. The first kappa shape index (κ1) is 16.5. The zero-order chi connectivity index (χ0) is 14.6. The highest BCUT2D eigenvalue weighted by molar-refractivity contribution is 14.1. The summed E-state index contributed by atoms with van der Waals surface area (Å²) >= 11 is 2.40. The molecule has 2 rings (SSSR count). The molecule has 0 radical (unpaired) electrons. The predicted molar refractivity (Wildman–Crippen MR) is 84.7 cm³/mol. The van der Waals surface area contributed by atoms with Gasteiger partial charge in [-0.05, 0) is 39.0 Å². The number of nitrogens with zero attached hydrogens (tertiary/aromatic N) is 1. The number of hydrogen-bond donors (Lipinski definition) is 1. The highest BCUT2D eigenvalue weighted by atomic mass is 127. The van der Waals surface area contributed by atoms with Gasteiger partial charge in [0.15, 0.2) is 0 Å². The maximum Gasteiger partial charge on any atom is 0.106 e. The van der Waals surface area contributed by atoms with Crippen molar-refractivity contribution >= 4 is 22.6 Å². The fourth-order valence-electron chi connectivity index (χ4n) is 3.38. The van der Waals surface area contributed by atoms with Gasteiger partial charge < -0.3 is 14.6 Å². The van der Waals surface area contributed by atoms with Crippen molar-refractivity contribution in [1.29, 1.82) is 5.26 Å². The molecule has 1 unspecified atom stereocenters. The second-order valence-electron chi connectivity index (χ2n) is 6.10. The number of rotatable bonds is 6. The van der Waals surface area contributed by atoms with E-state index in [1.165, 1.54) is 0 Å². The largest absolute Gasteiger partial charge is 0.396 e. The van der Waals surface area contributed by atoms with Crippen molar-refractivity contribution in [3.63, 3.8) is 0 Å². The molecule has 114 valence electrons. The molecule has 4 nitrogen and oxygen atoms in total. The molecule has 2 heterocycles. The molecule has 2 saturated heterocycles. The van der Waals surface area contributed by atoms with Crippen LogP contribution in [0.1, 0.15) is 45.4 Å². The lowest BCUT2D eigenvalue weighted by Gasteiger charge is -2.41. The second kappa shape index (κ2) is 7.39. The van der Waals surface area contributed by atoms with Gasteiger partial charge in [0.2, 0.25) is 0 Å². The molecule has 0 spiro atoms. The molecule has 0 aliphatic carbocycles. The minimum atomic E-state index is -0.168. The summed E-state index contributed by atoms with van der Waals surface area (Å²) in [6.07, 6.45) is 6.07. The van der Waals surface area contributed by atoms with Gasteiger partial charge in [0.05, 0.1) is 24.4 Å². The Kier molecular flexibility index (Phi) is 6.09. The van der Waals surface area contributed by atoms with E-state index in [0.29, 0.717) is 0 Å². The summed E-state index contributed by atoms with van der Waals surface area (Å²) in [5.74, 6) is 0.0512. The van der Waals surface area contributed by atoms with E-state index in [-0.39, 0.29) is 36.4 Å². The van der Waals surface area contributed by atoms with E-state index < -0.39 is 0 Å². The van der Waals surface area contributed by atoms with E-state index in [2.05, 4.69) is 28.7 Å². The Morgan fingerprint density at radius 1 is 1.45 bits per heavy atom.